The van der Waals surface area contributed by atoms with Crippen molar-refractivity contribution in [1.82, 2.24) is 0 Å². The van der Waals surface area contributed by atoms with Crippen LogP contribution in [0.2, 0.25) is 0 Å². The van der Waals surface area contributed by atoms with Gasteiger partial charge in [0.25, 0.3) is 0 Å². The molecule has 13 heavy (non-hydrogen) atoms. The van der Waals surface area contributed by atoms with Crippen molar-refractivity contribution < 1.29 is 9.47 Å². The maximum atomic E-state index is 5.84. The number of hydrogen-bond donors (Lipinski definition) is 0. The first-order valence-electron chi connectivity index (χ1n) is 4.80. The monoisotopic (exact) mass is 184 g/mol. The van der Waals surface area contributed by atoms with Crippen molar-refractivity contribution >= 4 is 0 Å². The van der Waals surface area contributed by atoms with E-state index in [0.717, 1.165) is 13.0 Å². The molecule has 0 radical (unpaired) electrons. The summed E-state index contributed by atoms with van der Waals surface area (Å²) >= 11 is 0. The third-order valence-corrected chi connectivity index (χ3v) is 2.47. The fourth-order valence-electron chi connectivity index (χ4n) is 1.51. The van der Waals surface area contributed by atoms with Crippen molar-refractivity contribution in [1.29, 1.82) is 0 Å². The van der Waals surface area contributed by atoms with E-state index in [-0.39, 0.29) is 11.5 Å². The minimum absolute atomic E-state index is 0.0870. The first kappa shape index (κ1) is 10.7. The number of rotatable bonds is 2. The second-order valence-corrected chi connectivity index (χ2v) is 4.81. The van der Waals surface area contributed by atoms with Crippen LogP contribution in [-0.2, 0) is 9.47 Å². The van der Waals surface area contributed by atoms with Gasteiger partial charge in [-0.1, -0.05) is 19.9 Å². The van der Waals surface area contributed by atoms with Crippen LogP contribution in [0.4, 0.5) is 0 Å². The smallest absolute Gasteiger partial charge is 0.163 e. The predicted octanol–water partition coefficient (Wildman–Crippen LogP) is 2.74. The summed E-state index contributed by atoms with van der Waals surface area (Å²) in [7, 11) is 0. The van der Waals surface area contributed by atoms with Crippen LogP contribution in [0.1, 0.15) is 34.1 Å². The molecule has 1 atom stereocenters. The van der Waals surface area contributed by atoms with E-state index in [4.69, 9.17) is 9.47 Å². The summed E-state index contributed by atoms with van der Waals surface area (Å²) in [4.78, 5) is 0. The van der Waals surface area contributed by atoms with Gasteiger partial charge in [-0.25, -0.2) is 0 Å². The van der Waals surface area contributed by atoms with Crippen molar-refractivity contribution in [2.45, 2.75) is 46.0 Å². The van der Waals surface area contributed by atoms with Crippen LogP contribution in [-0.4, -0.2) is 18.5 Å². The van der Waals surface area contributed by atoms with Crippen molar-refractivity contribution in [3.8, 4) is 0 Å². The van der Waals surface area contributed by atoms with E-state index in [1.54, 1.807) is 0 Å². The molecule has 0 saturated carbocycles. The van der Waals surface area contributed by atoms with Gasteiger partial charge in [-0.15, -0.1) is 6.58 Å². The predicted molar refractivity (Wildman–Crippen MR) is 53.5 cm³/mol. The quantitative estimate of drug-likeness (QED) is 0.614. The van der Waals surface area contributed by atoms with E-state index in [9.17, 15) is 0 Å². The number of hydrogen-bond acceptors (Lipinski definition) is 2. The van der Waals surface area contributed by atoms with E-state index >= 15 is 0 Å². The third kappa shape index (κ3) is 2.55. The molecule has 0 aliphatic carbocycles. The maximum Gasteiger partial charge on any atom is 0.163 e. The lowest BCUT2D eigenvalue weighted by molar-refractivity contribution is -0.310. The topological polar surface area (TPSA) is 18.5 Å². The molecule has 0 aromatic heterocycles. The summed E-state index contributed by atoms with van der Waals surface area (Å²) in [6.07, 6.45) is 3.02. The zero-order valence-corrected chi connectivity index (χ0v) is 9.09. The van der Waals surface area contributed by atoms with Crippen LogP contribution in [0.15, 0.2) is 12.7 Å². The van der Waals surface area contributed by atoms with Crippen LogP contribution < -0.4 is 0 Å². The fourth-order valence-corrected chi connectivity index (χ4v) is 1.51. The zero-order valence-electron chi connectivity index (χ0n) is 9.09. The summed E-state index contributed by atoms with van der Waals surface area (Å²) in [5.41, 5.74) is 0.0870. The molecule has 0 aromatic rings. The van der Waals surface area contributed by atoms with Crippen LogP contribution >= 0.6 is 0 Å². The Bertz CT molecular complexity index is 194. The lowest BCUT2D eigenvalue weighted by Crippen LogP contribution is -2.50. The van der Waals surface area contributed by atoms with Gasteiger partial charge >= 0.3 is 0 Å². The standard InChI is InChI=1S/C11H20O2/c1-6-7-9-10(2,3)8-12-11(4,5)13-9/h6,9H,1,7-8H2,2-5H3. The summed E-state index contributed by atoms with van der Waals surface area (Å²) in [5, 5.41) is 0. The van der Waals surface area contributed by atoms with Gasteiger partial charge in [-0.05, 0) is 20.3 Å². The SMILES string of the molecule is C=CCC1OC(C)(C)OCC1(C)C. The molecule has 2 nitrogen and oxygen atoms in total. The highest BCUT2D eigenvalue weighted by atomic mass is 16.7. The van der Waals surface area contributed by atoms with E-state index in [0.29, 0.717) is 0 Å². The Morgan fingerprint density at radius 2 is 2.00 bits per heavy atom. The molecule has 1 aliphatic rings. The van der Waals surface area contributed by atoms with Gasteiger partial charge in [0.15, 0.2) is 5.79 Å². The lowest BCUT2D eigenvalue weighted by Gasteiger charge is -2.45. The summed E-state index contributed by atoms with van der Waals surface area (Å²) in [5.74, 6) is -0.441. The van der Waals surface area contributed by atoms with Crippen LogP contribution in [0.5, 0.6) is 0 Å². The molecule has 1 aliphatic heterocycles. The first-order chi connectivity index (χ1) is 5.87. The molecule has 0 aromatic carbocycles. The molecule has 2 heteroatoms. The normalized spacial score (nSPS) is 31.2. The highest BCUT2D eigenvalue weighted by Crippen LogP contribution is 2.36. The Balaban J connectivity index is 2.69. The molecule has 1 heterocycles. The minimum atomic E-state index is -0.441. The highest BCUT2D eigenvalue weighted by molar-refractivity contribution is 4.89. The Labute approximate surface area is 80.9 Å². The molecule has 1 unspecified atom stereocenters. The second kappa shape index (κ2) is 3.43. The molecule has 1 saturated heterocycles. The van der Waals surface area contributed by atoms with E-state index in [1.165, 1.54) is 0 Å². The Morgan fingerprint density at radius 3 is 2.54 bits per heavy atom. The van der Waals surface area contributed by atoms with Crippen LogP contribution in [0.25, 0.3) is 0 Å². The van der Waals surface area contributed by atoms with Gasteiger partial charge < -0.3 is 9.47 Å². The Kier molecular flexibility index (Phi) is 2.83. The van der Waals surface area contributed by atoms with Gasteiger partial charge in [0.2, 0.25) is 0 Å². The van der Waals surface area contributed by atoms with Crippen molar-refractivity contribution in [3.63, 3.8) is 0 Å². The van der Waals surface area contributed by atoms with Gasteiger partial charge in [0.05, 0.1) is 12.7 Å². The fraction of sp³-hybridized carbons (Fsp3) is 0.818. The molecule has 1 rings (SSSR count). The summed E-state index contributed by atoms with van der Waals surface area (Å²) in [6.45, 7) is 12.7. The van der Waals surface area contributed by atoms with Crippen LogP contribution in [0, 0.1) is 5.41 Å². The van der Waals surface area contributed by atoms with Gasteiger partial charge in [-0.2, -0.15) is 0 Å². The second-order valence-electron chi connectivity index (χ2n) is 4.81. The van der Waals surface area contributed by atoms with Crippen molar-refractivity contribution in [2.24, 2.45) is 5.41 Å². The number of ether oxygens (including phenoxy) is 2. The summed E-state index contributed by atoms with van der Waals surface area (Å²) < 4.78 is 11.4. The average Bonchev–Trinajstić information content (AvgIpc) is 1.99. The molecule has 76 valence electrons. The third-order valence-electron chi connectivity index (χ3n) is 2.47. The van der Waals surface area contributed by atoms with Crippen molar-refractivity contribution in [3.05, 3.63) is 12.7 Å². The van der Waals surface area contributed by atoms with Gasteiger partial charge in [0.1, 0.15) is 0 Å². The first-order valence-corrected chi connectivity index (χ1v) is 4.80. The van der Waals surface area contributed by atoms with E-state index < -0.39 is 5.79 Å². The average molecular weight is 184 g/mol. The Morgan fingerprint density at radius 1 is 1.38 bits per heavy atom. The molecule has 0 amide bonds. The van der Waals surface area contributed by atoms with Crippen LogP contribution in [0.3, 0.4) is 0 Å². The molecule has 0 bridgehead atoms. The van der Waals surface area contributed by atoms with E-state index in [1.807, 2.05) is 19.9 Å². The van der Waals surface area contributed by atoms with Crippen molar-refractivity contribution in [2.75, 3.05) is 6.61 Å². The molecule has 0 N–H and O–H groups in total. The Hall–Kier alpha value is -0.340. The van der Waals surface area contributed by atoms with E-state index in [2.05, 4.69) is 20.4 Å². The molecular weight excluding hydrogens is 164 g/mol. The van der Waals surface area contributed by atoms with Gasteiger partial charge in [-0.3, -0.25) is 0 Å². The maximum absolute atomic E-state index is 5.84. The summed E-state index contributed by atoms with van der Waals surface area (Å²) in [6, 6.07) is 0. The molecule has 0 spiro atoms. The molecule has 1 fully saturated rings. The largest absolute Gasteiger partial charge is 0.350 e. The molecular formula is C11H20O2. The zero-order chi connectivity index (χ0) is 10.1. The highest BCUT2D eigenvalue weighted by Gasteiger charge is 2.40. The minimum Gasteiger partial charge on any atom is -0.350 e. The van der Waals surface area contributed by atoms with Gasteiger partial charge in [0, 0.05) is 5.41 Å². The lowest BCUT2D eigenvalue weighted by atomic mass is 9.84.